The molecule has 0 atom stereocenters. The lowest BCUT2D eigenvalue weighted by Gasteiger charge is -2.09. The third-order valence-electron chi connectivity index (χ3n) is 1.99. The highest BCUT2D eigenvalue weighted by Crippen LogP contribution is 2.45. The predicted molar refractivity (Wildman–Crippen MR) is 78.4 cm³/mol. The van der Waals surface area contributed by atoms with Crippen LogP contribution in [-0.2, 0) is 19.0 Å². The number of carbonyl (C=O) groups excluding carboxylic acids is 1. The first-order valence-corrected chi connectivity index (χ1v) is 9.79. The molecular formula is C13H29O5P. The van der Waals surface area contributed by atoms with Gasteiger partial charge >= 0.3 is 0 Å². The van der Waals surface area contributed by atoms with Crippen LogP contribution in [-0.4, -0.2) is 72.3 Å². The maximum absolute atomic E-state index is 9.87. The zero-order valence-electron chi connectivity index (χ0n) is 12.9. The van der Waals surface area contributed by atoms with Gasteiger partial charge in [0.15, 0.2) is 0 Å². The summed E-state index contributed by atoms with van der Waals surface area (Å²) in [6.07, 6.45) is 1.20. The second-order valence-electron chi connectivity index (χ2n) is 4.94. The van der Waals surface area contributed by atoms with Crippen LogP contribution in [0.5, 0.6) is 0 Å². The number of carboxylic acid groups (broad SMARTS) is 1. The Hall–Kier alpha value is -0.220. The molecule has 0 rings (SSSR count). The molecule has 0 amide bonds. The van der Waals surface area contributed by atoms with Crippen LogP contribution < -0.4 is 5.11 Å². The standard InChI is InChI=1S/C7H14O4.C6H16OP/c1-2-10-5-6-11-4-3-7(8)9;1-7-5-6-8(2,3)4/h2-6H2,1H3,(H,8,9);5-6H2,1-4H3/q;+1/p-1. The van der Waals surface area contributed by atoms with E-state index in [1.165, 1.54) is 6.16 Å². The van der Waals surface area contributed by atoms with Crippen molar-refractivity contribution in [1.82, 2.24) is 0 Å². The molecule has 0 bridgehead atoms. The van der Waals surface area contributed by atoms with E-state index in [4.69, 9.17) is 14.2 Å². The molecule has 0 aromatic heterocycles. The van der Waals surface area contributed by atoms with Crippen LogP contribution in [0.2, 0.25) is 0 Å². The minimum absolute atomic E-state index is 0.0495. The lowest BCUT2D eigenvalue weighted by molar-refractivity contribution is -0.306. The molecule has 0 spiro atoms. The van der Waals surface area contributed by atoms with Gasteiger partial charge < -0.3 is 24.1 Å². The van der Waals surface area contributed by atoms with E-state index < -0.39 is 13.2 Å². The molecule has 116 valence electrons. The van der Waals surface area contributed by atoms with Crippen LogP contribution in [0.25, 0.3) is 0 Å². The summed E-state index contributed by atoms with van der Waals surface area (Å²) in [6.45, 7) is 11.6. The van der Waals surface area contributed by atoms with Crippen LogP contribution in [0, 0.1) is 0 Å². The molecule has 0 saturated heterocycles. The van der Waals surface area contributed by atoms with Gasteiger partial charge in [-0.15, -0.1) is 0 Å². The molecule has 0 aromatic carbocycles. The van der Waals surface area contributed by atoms with Gasteiger partial charge in [-0.3, -0.25) is 0 Å². The van der Waals surface area contributed by atoms with E-state index in [1.807, 2.05) is 6.92 Å². The average Bonchev–Trinajstić information content (AvgIpc) is 2.30. The van der Waals surface area contributed by atoms with E-state index in [0.29, 0.717) is 19.8 Å². The molecule has 0 aromatic rings. The molecule has 0 aliphatic carbocycles. The van der Waals surface area contributed by atoms with E-state index in [0.717, 1.165) is 6.61 Å². The van der Waals surface area contributed by atoms with E-state index in [9.17, 15) is 9.90 Å². The number of carboxylic acids is 1. The Morgan fingerprint density at radius 1 is 1.05 bits per heavy atom. The Morgan fingerprint density at radius 3 is 2.00 bits per heavy atom. The number of hydrogen-bond acceptors (Lipinski definition) is 5. The van der Waals surface area contributed by atoms with Crippen molar-refractivity contribution in [2.75, 3.05) is 66.3 Å². The minimum atomic E-state index is -1.08. The van der Waals surface area contributed by atoms with Crippen molar-refractivity contribution in [2.45, 2.75) is 13.3 Å². The summed E-state index contributed by atoms with van der Waals surface area (Å²) in [5.41, 5.74) is 0. The summed E-state index contributed by atoms with van der Waals surface area (Å²) in [4.78, 5) is 9.87. The van der Waals surface area contributed by atoms with Crippen LogP contribution in [0.1, 0.15) is 13.3 Å². The summed E-state index contributed by atoms with van der Waals surface area (Å²) < 4.78 is 14.8. The van der Waals surface area contributed by atoms with Crippen molar-refractivity contribution in [1.29, 1.82) is 0 Å². The van der Waals surface area contributed by atoms with Crippen molar-refractivity contribution in [3.05, 3.63) is 0 Å². The molecule has 0 aliphatic rings. The fourth-order valence-corrected chi connectivity index (χ4v) is 1.62. The number of aliphatic carboxylic acids is 1. The summed E-state index contributed by atoms with van der Waals surface area (Å²) in [5, 5.41) is 9.87. The first kappa shape index (κ1) is 21.1. The minimum Gasteiger partial charge on any atom is -0.550 e. The highest BCUT2D eigenvalue weighted by Gasteiger charge is 2.15. The van der Waals surface area contributed by atoms with Crippen molar-refractivity contribution >= 4 is 13.2 Å². The monoisotopic (exact) mass is 296 g/mol. The SMILES string of the molecule is CCOCCOCCC(=O)[O-].COCC[P+](C)(C)C. The van der Waals surface area contributed by atoms with Crippen LogP contribution in [0.4, 0.5) is 0 Å². The Labute approximate surface area is 118 Å². The summed E-state index contributed by atoms with van der Waals surface area (Å²) in [5.74, 6) is -1.08. The van der Waals surface area contributed by atoms with Crippen molar-refractivity contribution < 1.29 is 24.1 Å². The first-order valence-electron chi connectivity index (χ1n) is 6.48. The molecule has 0 radical (unpaired) electrons. The second-order valence-corrected chi connectivity index (χ2v) is 9.97. The van der Waals surface area contributed by atoms with E-state index >= 15 is 0 Å². The third kappa shape index (κ3) is 27.1. The molecule has 0 heterocycles. The Balaban J connectivity index is 0. The Kier molecular flexibility index (Phi) is 15.8. The topological polar surface area (TPSA) is 67.8 Å². The van der Waals surface area contributed by atoms with Gasteiger partial charge in [0.1, 0.15) is 0 Å². The highest BCUT2D eigenvalue weighted by molar-refractivity contribution is 7.73. The lowest BCUT2D eigenvalue weighted by Crippen LogP contribution is -2.23. The number of methoxy groups -OCH3 is 1. The largest absolute Gasteiger partial charge is 0.550 e. The first-order chi connectivity index (χ1) is 8.83. The average molecular weight is 296 g/mol. The van der Waals surface area contributed by atoms with Gasteiger partial charge in [-0.05, 0) is 6.92 Å². The molecule has 5 nitrogen and oxygen atoms in total. The molecule has 0 saturated carbocycles. The van der Waals surface area contributed by atoms with E-state index in [-0.39, 0.29) is 13.0 Å². The molecule has 0 aliphatic heterocycles. The highest BCUT2D eigenvalue weighted by atomic mass is 31.2. The summed E-state index contributed by atoms with van der Waals surface area (Å²) in [7, 11) is 1.20. The van der Waals surface area contributed by atoms with Gasteiger partial charge in [0, 0.05) is 53.4 Å². The Bertz CT molecular complexity index is 204. The molecule has 0 unspecified atom stereocenters. The maximum Gasteiger partial charge on any atom is 0.0820 e. The normalized spacial score (nSPS) is 10.8. The van der Waals surface area contributed by atoms with Gasteiger partial charge in [0.25, 0.3) is 0 Å². The fourth-order valence-electron chi connectivity index (χ4n) is 0.885. The zero-order valence-corrected chi connectivity index (χ0v) is 13.8. The number of ether oxygens (including phenoxy) is 3. The van der Waals surface area contributed by atoms with Crippen molar-refractivity contribution in [2.24, 2.45) is 0 Å². The van der Waals surface area contributed by atoms with Gasteiger partial charge in [-0.1, -0.05) is 0 Å². The molecular weight excluding hydrogens is 267 g/mol. The van der Waals surface area contributed by atoms with Crippen LogP contribution in [0.15, 0.2) is 0 Å². The van der Waals surface area contributed by atoms with Gasteiger partial charge in [0.05, 0.1) is 32.6 Å². The number of rotatable bonds is 10. The van der Waals surface area contributed by atoms with Gasteiger partial charge in [-0.25, -0.2) is 0 Å². The Morgan fingerprint density at radius 2 is 1.63 bits per heavy atom. The van der Waals surface area contributed by atoms with Crippen LogP contribution >= 0.6 is 7.26 Å². The van der Waals surface area contributed by atoms with Crippen molar-refractivity contribution in [3.63, 3.8) is 0 Å². The van der Waals surface area contributed by atoms with Gasteiger partial charge in [0.2, 0.25) is 0 Å². The molecule has 0 fully saturated rings. The lowest BCUT2D eigenvalue weighted by atomic mass is 10.5. The molecule has 6 heteroatoms. The second kappa shape index (κ2) is 14.2. The van der Waals surface area contributed by atoms with Crippen LogP contribution in [0.3, 0.4) is 0 Å². The quantitative estimate of drug-likeness (QED) is 0.439. The predicted octanol–water partition coefficient (Wildman–Crippen LogP) is 0.719. The molecule has 0 N–H and O–H groups in total. The van der Waals surface area contributed by atoms with E-state index in [2.05, 4.69) is 20.0 Å². The van der Waals surface area contributed by atoms with E-state index in [1.54, 1.807) is 7.11 Å². The fraction of sp³-hybridized carbons (Fsp3) is 0.923. The van der Waals surface area contributed by atoms with Crippen molar-refractivity contribution in [3.8, 4) is 0 Å². The number of hydrogen-bond donors (Lipinski definition) is 0. The smallest absolute Gasteiger partial charge is 0.0820 e. The summed E-state index contributed by atoms with van der Waals surface area (Å²) in [6, 6.07) is 0. The molecule has 19 heavy (non-hydrogen) atoms. The van der Waals surface area contributed by atoms with Gasteiger partial charge in [-0.2, -0.15) is 0 Å². The zero-order chi connectivity index (χ0) is 15.1. The summed E-state index contributed by atoms with van der Waals surface area (Å²) >= 11 is 0. The number of carbonyl (C=O) groups is 1. The third-order valence-corrected chi connectivity index (χ3v) is 3.52. The maximum atomic E-state index is 9.87.